The van der Waals surface area contributed by atoms with E-state index in [4.69, 9.17) is 16.0 Å². The molecule has 1 N–H and O–H groups in total. The molecule has 0 bridgehead atoms. The fourth-order valence-electron chi connectivity index (χ4n) is 2.82. The lowest BCUT2D eigenvalue weighted by Gasteiger charge is -2.31. The average Bonchev–Trinajstić information content (AvgIpc) is 2.88. The van der Waals surface area contributed by atoms with Crippen LogP contribution >= 0.6 is 11.6 Å². The van der Waals surface area contributed by atoms with Crippen LogP contribution < -0.4 is 0 Å². The molecule has 1 amide bonds. The molecule has 7 heteroatoms. The molecule has 0 radical (unpaired) electrons. The van der Waals surface area contributed by atoms with E-state index in [-0.39, 0.29) is 17.9 Å². The number of carboxylic acids is 1. The molecule has 116 valence electrons. The fraction of sp³-hybridized carbons (Fsp3) is 0.846. The molecule has 1 saturated heterocycles. The molecule has 5 nitrogen and oxygen atoms in total. The molecule has 0 aliphatic carbocycles. The number of nitrogens with zero attached hydrogens (tertiary/aromatic N) is 1. The Hall–Kier alpha value is -0.593. The Labute approximate surface area is 126 Å². The minimum Gasteiger partial charge on any atom is -0.480 e. The molecule has 0 unspecified atom stereocenters. The maximum Gasteiger partial charge on any atom is 0.326 e. The lowest BCUT2D eigenvalue weighted by atomic mass is 10.2. The van der Waals surface area contributed by atoms with Crippen molar-refractivity contribution in [2.75, 3.05) is 12.4 Å². The van der Waals surface area contributed by atoms with E-state index in [0.29, 0.717) is 13.0 Å². The van der Waals surface area contributed by atoms with Crippen molar-refractivity contribution in [3.8, 4) is 0 Å². The van der Waals surface area contributed by atoms with Crippen LogP contribution in [0.4, 0.5) is 0 Å². The Morgan fingerprint density at radius 1 is 1.30 bits per heavy atom. The summed E-state index contributed by atoms with van der Waals surface area (Å²) in [6, 6.07) is 2.23. The number of likely N-dealkylation sites (tertiary alicyclic amines) is 1. The van der Waals surface area contributed by atoms with E-state index in [0.717, 1.165) is 18.1 Å². The summed E-state index contributed by atoms with van der Waals surface area (Å²) in [5, 5.41) is 9.23. The molecule has 1 fully saturated rings. The molecule has 0 saturated carbocycles. The smallest absolute Gasteiger partial charge is 0.326 e. The van der Waals surface area contributed by atoms with Crippen molar-refractivity contribution in [3.05, 3.63) is 0 Å². The zero-order valence-electron chi connectivity index (χ0n) is 12.4. The normalized spacial score (nSPS) is 23.1. The summed E-state index contributed by atoms with van der Waals surface area (Å²) >= 11 is 5.55. The van der Waals surface area contributed by atoms with Crippen molar-refractivity contribution in [2.45, 2.75) is 57.5 Å². The highest BCUT2D eigenvalue weighted by Gasteiger charge is 2.43. The highest BCUT2D eigenvalue weighted by molar-refractivity contribution is 6.73. The molecule has 20 heavy (non-hydrogen) atoms. The number of carbonyl (C=O) groups is 2. The second kappa shape index (κ2) is 7.43. The Morgan fingerprint density at radius 2 is 1.85 bits per heavy atom. The maximum atomic E-state index is 11.7. The van der Waals surface area contributed by atoms with Crippen molar-refractivity contribution < 1.29 is 19.1 Å². The average molecular weight is 322 g/mol. The molecule has 2 atom stereocenters. The van der Waals surface area contributed by atoms with Crippen LogP contribution in [0.5, 0.6) is 0 Å². The van der Waals surface area contributed by atoms with Gasteiger partial charge in [0.05, 0.1) is 6.10 Å². The summed E-state index contributed by atoms with van der Waals surface area (Å²) in [6.07, 6.45) is 0.196. The molecule has 1 aliphatic rings. The highest BCUT2D eigenvalue weighted by Crippen LogP contribution is 2.29. The quantitative estimate of drug-likeness (QED) is 0.577. The van der Waals surface area contributed by atoms with E-state index in [1.54, 1.807) is 0 Å². The number of carboxylic acid groups (broad SMARTS) is 1. The van der Waals surface area contributed by atoms with Gasteiger partial charge in [0.25, 0.3) is 0 Å². The summed E-state index contributed by atoms with van der Waals surface area (Å²) in [5.74, 6) is -1.50. The predicted octanol–water partition coefficient (Wildman–Crippen LogP) is 2.30. The van der Waals surface area contributed by atoms with Crippen LogP contribution in [0.2, 0.25) is 18.1 Å². The van der Waals surface area contributed by atoms with Gasteiger partial charge in [-0.2, -0.15) is 0 Å². The SMILES string of the molecule is CC[Si](CC)(CC)O[C@@H]1C[C@@H](C(=O)O)N(C(=O)CCl)C1. The third kappa shape index (κ3) is 3.74. The van der Waals surface area contributed by atoms with Crippen molar-refractivity contribution in [2.24, 2.45) is 0 Å². The first-order chi connectivity index (χ1) is 9.42. The van der Waals surface area contributed by atoms with Gasteiger partial charge < -0.3 is 14.4 Å². The van der Waals surface area contributed by atoms with Crippen molar-refractivity contribution in [3.63, 3.8) is 0 Å². The summed E-state index contributed by atoms with van der Waals surface area (Å²) in [5.41, 5.74) is 0. The van der Waals surface area contributed by atoms with Crippen molar-refractivity contribution >= 4 is 31.8 Å². The lowest BCUT2D eigenvalue weighted by molar-refractivity contribution is -0.147. The minimum absolute atomic E-state index is 0.171. The molecular formula is C13H24ClNO4Si. The summed E-state index contributed by atoms with van der Waals surface area (Å²) in [4.78, 5) is 24.4. The first-order valence-electron chi connectivity index (χ1n) is 7.19. The lowest BCUT2D eigenvalue weighted by Crippen LogP contribution is -2.42. The zero-order chi connectivity index (χ0) is 15.3. The summed E-state index contributed by atoms with van der Waals surface area (Å²) < 4.78 is 6.29. The number of carbonyl (C=O) groups excluding carboxylic acids is 1. The molecule has 1 heterocycles. The second-order valence-corrected chi connectivity index (χ2v) is 10.2. The highest BCUT2D eigenvalue weighted by atomic mass is 35.5. The van der Waals surface area contributed by atoms with Gasteiger partial charge in [-0.15, -0.1) is 11.6 Å². The predicted molar refractivity (Wildman–Crippen MR) is 80.5 cm³/mol. The van der Waals surface area contributed by atoms with Crippen LogP contribution in [-0.2, 0) is 14.0 Å². The van der Waals surface area contributed by atoms with E-state index in [1.165, 1.54) is 4.90 Å². The molecule has 1 rings (SSSR count). The van der Waals surface area contributed by atoms with Gasteiger partial charge >= 0.3 is 5.97 Å². The second-order valence-electron chi connectivity index (χ2n) is 5.25. The molecule has 0 aromatic heterocycles. The number of aliphatic carboxylic acids is 1. The van der Waals surface area contributed by atoms with Crippen LogP contribution in [0, 0.1) is 0 Å². The van der Waals surface area contributed by atoms with Gasteiger partial charge in [0.15, 0.2) is 8.32 Å². The van der Waals surface area contributed by atoms with E-state index < -0.39 is 20.3 Å². The minimum atomic E-state index is -1.79. The molecular weight excluding hydrogens is 298 g/mol. The number of hydrogen-bond acceptors (Lipinski definition) is 3. The zero-order valence-corrected chi connectivity index (χ0v) is 14.2. The van der Waals surface area contributed by atoms with Crippen LogP contribution in [-0.4, -0.2) is 54.8 Å². The monoisotopic (exact) mass is 321 g/mol. The maximum absolute atomic E-state index is 11.7. The third-order valence-corrected chi connectivity index (χ3v) is 9.26. The number of halogens is 1. The van der Waals surface area contributed by atoms with Gasteiger partial charge in [-0.25, -0.2) is 4.79 Å². The Bertz CT molecular complexity index is 354. The number of amides is 1. The van der Waals surface area contributed by atoms with Gasteiger partial charge in [-0.1, -0.05) is 20.8 Å². The first kappa shape index (κ1) is 17.5. The van der Waals surface area contributed by atoms with Crippen molar-refractivity contribution in [1.29, 1.82) is 0 Å². The van der Waals surface area contributed by atoms with Gasteiger partial charge in [0.1, 0.15) is 11.9 Å². The van der Waals surface area contributed by atoms with Crippen LogP contribution in [0.25, 0.3) is 0 Å². The summed E-state index contributed by atoms with van der Waals surface area (Å²) in [6.45, 7) is 6.73. The number of rotatable bonds is 7. The standard InChI is InChI=1S/C13H24ClNO4Si/c1-4-20(5-2,6-3)19-10-7-11(13(17)18)15(9-10)12(16)8-14/h10-11H,4-9H2,1-3H3,(H,17,18)/t10-,11+/m1/s1. The molecule has 0 aromatic carbocycles. The largest absolute Gasteiger partial charge is 0.480 e. The van der Waals surface area contributed by atoms with Crippen LogP contribution in [0.1, 0.15) is 27.2 Å². The molecule has 1 aliphatic heterocycles. The molecule has 0 aromatic rings. The fourth-order valence-corrected chi connectivity index (χ4v) is 5.85. The van der Waals surface area contributed by atoms with Crippen LogP contribution in [0.3, 0.4) is 0 Å². The Balaban J connectivity index is 2.80. The van der Waals surface area contributed by atoms with Gasteiger partial charge in [-0.05, 0) is 18.1 Å². The van der Waals surface area contributed by atoms with Crippen molar-refractivity contribution in [1.82, 2.24) is 4.90 Å². The summed E-state index contributed by atoms with van der Waals surface area (Å²) in [7, 11) is -1.79. The van der Waals surface area contributed by atoms with E-state index in [2.05, 4.69) is 20.8 Å². The van der Waals surface area contributed by atoms with Gasteiger partial charge in [0, 0.05) is 13.0 Å². The number of hydrogen-bond donors (Lipinski definition) is 1. The topological polar surface area (TPSA) is 66.8 Å². The first-order valence-corrected chi connectivity index (χ1v) is 10.3. The van der Waals surface area contributed by atoms with E-state index in [1.807, 2.05) is 0 Å². The Kier molecular flexibility index (Phi) is 6.48. The number of alkyl halides is 1. The van der Waals surface area contributed by atoms with E-state index >= 15 is 0 Å². The van der Waals surface area contributed by atoms with E-state index in [9.17, 15) is 14.7 Å². The molecule has 0 spiro atoms. The van der Waals surface area contributed by atoms with Crippen LogP contribution in [0.15, 0.2) is 0 Å². The van der Waals surface area contributed by atoms with Gasteiger partial charge in [-0.3, -0.25) is 4.79 Å². The Morgan fingerprint density at radius 3 is 2.25 bits per heavy atom. The van der Waals surface area contributed by atoms with Gasteiger partial charge in [0.2, 0.25) is 5.91 Å². The third-order valence-electron chi connectivity index (χ3n) is 4.33.